The van der Waals surface area contributed by atoms with Gasteiger partial charge in [0.2, 0.25) is 0 Å². The van der Waals surface area contributed by atoms with Crippen LogP contribution >= 0.6 is 15.6 Å². The molecule has 0 aliphatic carbocycles. The zero-order valence-corrected chi connectivity index (χ0v) is 71.7. The molecule has 3 N–H and O–H groups in total. The molecule has 0 bridgehead atoms. The first-order chi connectivity index (χ1) is 51.9. The molecular formula is C88H168O17P2. The number of phosphoric ester groups is 2. The summed E-state index contributed by atoms with van der Waals surface area (Å²) < 4.78 is 68.8. The van der Waals surface area contributed by atoms with Crippen molar-refractivity contribution < 1.29 is 80.2 Å². The fourth-order valence-corrected chi connectivity index (χ4v) is 14.7. The minimum atomic E-state index is -4.97. The minimum Gasteiger partial charge on any atom is -0.462 e. The Bertz CT molecular complexity index is 2140. The van der Waals surface area contributed by atoms with Gasteiger partial charge in [-0.25, -0.2) is 9.13 Å². The number of aliphatic hydroxyl groups is 1. The Labute approximate surface area is 656 Å². The highest BCUT2D eigenvalue weighted by atomic mass is 31.2. The zero-order chi connectivity index (χ0) is 78.5. The highest BCUT2D eigenvalue weighted by molar-refractivity contribution is 7.47. The Morgan fingerprint density at radius 1 is 0.299 bits per heavy atom. The highest BCUT2D eigenvalue weighted by Crippen LogP contribution is 2.45. The lowest BCUT2D eigenvalue weighted by molar-refractivity contribution is -0.161. The fraction of sp³-hybridized carbons (Fsp3) is 0.909. The van der Waals surface area contributed by atoms with Crippen LogP contribution in [0.1, 0.15) is 446 Å². The lowest BCUT2D eigenvalue weighted by atomic mass is 9.99. The van der Waals surface area contributed by atoms with Gasteiger partial charge in [0.1, 0.15) is 19.3 Å². The number of allylic oxidation sites excluding steroid dienone is 4. The molecule has 0 spiro atoms. The zero-order valence-electron chi connectivity index (χ0n) is 69.9. The smallest absolute Gasteiger partial charge is 0.462 e. The van der Waals surface area contributed by atoms with Crippen molar-refractivity contribution in [2.45, 2.75) is 464 Å². The van der Waals surface area contributed by atoms with E-state index in [1.807, 2.05) is 0 Å². The first kappa shape index (κ1) is 105. The van der Waals surface area contributed by atoms with Crippen LogP contribution in [0.15, 0.2) is 24.3 Å². The lowest BCUT2D eigenvalue weighted by Gasteiger charge is -2.21. The van der Waals surface area contributed by atoms with Gasteiger partial charge in [-0.2, -0.15) is 0 Å². The number of aliphatic hydroxyl groups excluding tert-OH is 1. The molecule has 0 radical (unpaired) electrons. The quantitative estimate of drug-likeness (QED) is 0.0169. The van der Waals surface area contributed by atoms with Crippen molar-refractivity contribution >= 4 is 39.5 Å². The van der Waals surface area contributed by atoms with Crippen LogP contribution in [0.3, 0.4) is 0 Å². The van der Waals surface area contributed by atoms with Crippen LogP contribution in [0.2, 0.25) is 0 Å². The predicted molar refractivity (Wildman–Crippen MR) is 441 cm³/mol. The van der Waals surface area contributed by atoms with E-state index >= 15 is 0 Å². The van der Waals surface area contributed by atoms with Crippen molar-refractivity contribution in [1.82, 2.24) is 0 Å². The monoisotopic (exact) mass is 1560 g/mol. The van der Waals surface area contributed by atoms with E-state index in [1.165, 1.54) is 244 Å². The number of carbonyl (C=O) groups excluding carboxylic acids is 4. The molecule has 0 rings (SSSR count). The Hall–Kier alpha value is -2.46. The van der Waals surface area contributed by atoms with Crippen molar-refractivity contribution in [1.29, 1.82) is 0 Å². The van der Waals surface area contributed by atoms with E-state index in [-0.39, 0.29) is 25.7 Å². The van der Waals surface area contributed by atoms with E-state index in [0.29, 0.717) is 25.7 Å². The molecule has 632 valence electrons. The molecule has 0 aromatic carbocycles. The van der Waals surface area contributed by atoms with E-state index in [4.69, 9.17) is 37.0 Å². The van der Waals surface area contributed by atoms with Crippen molar-refractivity contribution in [2.75, 3.05) is 39.6 Å². The fourth-order valence-electron chi connectivity index (χ4n) is 13.2. The first-order valence-corrected chi connectivity index (χ1v) is 47.9. The van der Waals surface area contributed by atoms with Gasteiger partial charge < -0.3 is 33.8 Å². The van der Waals surface area contributed by atoms with Crippen LogP contribution in [-0.2, 0) is 65.4 Å². The largest absolute Gasteiger partial charge is 0.472 e. The summed E-state index contributed by atoms with van der Waals surface area (Å²) in [6.45, 7) is 9.71. The molecule has 7 atom stereocenters. The number of hydrogen-bond donors (Lipinski definition) is 3. The van der Waals surface area contributed by atoms with Crippen molar-refractivity contribution in [2.24, 2.45) is 11.8 Å². The highest BCUT2D eigenvalue weighted by Gasteiger charge is 2.30. The molecule has 0 aromatic rings. The molecular weight excluding hydrogens is 1390 g/mol. The second-order valence-corrected chi connectivity index (χ2v) is 34.3. The number of carbonyl (C=O) groups is 4. The van der Waals surface area contributed by atoms with E-state index in [1.54, 1.807) is 0 Å². The maximum Gasteiger partial charge on any atom is 0.472 e. The summed E-state index contributed by atoms with van der Waals surface area (Å²) in [5, 5.41) is 10.7. The van der Waals surface area contributed by atoms with Gasteiger partial charge in [0.05, 0.1) is 26.4 Å². The number of phosphoric acid groups is 2. The molecule has 19 heteroatoms. The summed E-state index contributed by atoms with van der Waals surface area (Å²) in [4.78, 5) is 73.1. The normalized spacial score (nSPS) is 14.4. The predicted octanol–water partition coefficient (Wildman–Crippen LogP) is 26.6. The van der Waals surface area contributed by atoms with Crippen LogP contribution in [0, 0.1) is 11.8 Å². The molecule has 17 nitrogen and oxygen atoms in total. The standard InChI is InChI=1S/C88H168O17P2/c1-7-11-13-15-17-19-20-21-30-38-43-48-54-60-66-72-87(92)104-83(76-98-85(90)70-64-58-52-18-16-14-12-8-2)78-102-106(94,95)100-74-82(89)75-101-107(96,97)103-79-84(105-88(93)73-67-61-55-49-44-39-34-29-25-23-27-32-36-41-46-51-57-63-69-81(6)10-4)77-99-86(91)71-65-59-53-47-42-37-33-28-24-22-26-31-35-40-45-50-56-62-68-80(5)9-3/h19-21,30,80-84,89H,7-18,22-29,31-79H2,1-6H3,(H,94,95)(H,96,97)/b20-19-,30-21-/t80?,81?,82-,83+,84+/m0/s1. The van der Waals surface area contributed by atoms with Crippen LogP contribution in [0.25, 0.3) is 0 Å². The van der Waals surface area contributed by atoms with Gasteiger partial charge in [-0.1, -0.05) is 393 Å². The summed E-state index contributed by atoms with van der Waals surface area (Å²) in [5.74, 6) is -0.392. The van der Waals surface area contributed by atoms with Gasteiger partial charge in [-0.05, 0) is 63.2 Å². The average molecular weight is 1560 g/mol. The molecule has 0 aliphatic heterocycles. The molecule has 0 aromatic heterocycles. The first-order valence-electron chi connectivity index (χ1n) is 44.9. The molecule has 0 aliphatic rings. The summed E-state index contributed by atoms with van der Waals surface area (Å²) in [6.07, 6.45) is 74.5. The van der Waals surface area contributed by atoms with Crippen molar-refractivity contribution in [3.63, 3.8) is 0 Å². The van der Waals surface area contributed by atoms with Gasteiger partial charge >= 0.3 is 39.5 Å². The van der Waals surface area contributed by atoms with E-state index < -0.39 is 97.5 Å². The summed E-state index contributed by atoms with van der Waals surface area (Å²) in [5.41, 5.74) is 0. The lowest BCUT2D eigenvalue weighted by Crippen LogP contribution is -2.30. The molecule has 0 saturated carbocycles. The summed E-state index contributed by atoms with van der Waals surface area (Å²) in [7, 11) is -9.94. The third-order valence-electron chi connectivity index (χ3n) is 20.8. The van der Waals surface area contributed by atoms with Gasteiger partial charge in [0.15, 0.2) is 12.2 Å². The van der Waals surface area contributed by atoms with Crippen LogP contribution < -0.4 is 0 Å². The molecule has 0 fully saturated rings. The van der Waals surface area contributed by atoms with Crippen LogP contribution in [0.5, 0.6) is 0 Å². The third-order valence-corrected chi connectivity index (χ3v) is 22.7. The molecule has 107 heavy (non-hydrogen) atoms. The molecule has 4 unspecified atom stereocenters. The second-order valence-electron chi connectivity index (χ2n) is 31.4. The van der Waals surface area contributed by atoms with Crippen LogP contribution in [0.4, 0.5) is 0 Å². The SMILES string of the molecule is CCCCCC/C=C\C=C/CCCCCCCC(=O)O[C@H](COC(=O)CCCCCCCCCC)COP(=O)(O)OC[C@H](O)COP(=O)(O)OC[C@@H](COC(=O)CCCCCCCCCCCCCCCCCCCCC(C)CC)OC(=O)CCCCCCCCCCCCCCCCCCCCC(C)CC. The van der Waals surface area contributed by atoms with Gasteiger partial charge in [0, 0.05) is 25.7 Å². The van der Waals surface area contributed by atoms with Gasteiger partial charge in [-0.3, -0.25) is 37.3 Å². The Morgan fingerprint density at radius 2 is 0.523 bits per heavy atom. The number of unbranched alkanes of at least 4 members (excludes halogenated alkanes) is 50. The van der Waals surface area contributed by atoms with Crippen molar-refractivity contribution in [3.8, 4) is 0 Å². The minimum absolute atomic E-state index is 0.0852. The maximum atomic E-state index is 13.2. The Morgan fingerprint density at radius 3 is 0.794 bits per heavy atom. The van der Waals surface area contributed by atoms with E-state index in [9.17, 15) is 43.2 Å². The number of hydrogen-bond acceptors (Lipinski definition) is 15. The summed E-state index contributed by atoms with van der Waals surface area (Å²) in [6, 6.07) is 0. The number of rotatable bonds is 85. The second kappa shape index (κ2) is 78.8. The topological polar surface area (TPSA) is 237 Å². The third kappa shape index (κ3) is 78.6. The van der Waals surface area contributed by atoms with Gasteiger partial charge in [0.25, 0.3) is 0 Å². The van der Waals surface area contributed by atoms with E-state index in [2.05, 4.69) is 65.8 Å². The maximum absolute atomic E-state index is 13.2. The molecule has 0 heterocycles. The van der Waals surface area contributed by atoms with Crippen LogP contribution in [-0.4, -0.2) is 96.7 Å². The van der Waals surface area contributed by atoms with Crippen molar-refractivity contribution in [3.05, 3.63) is 24.3 Å². The van der Waals surface area contributed by atoms with E-state index in [0.717, 1.165) is 121 Å². The average Bonchev–Trinajstić information content (AvgIpc) is 0.901. The molecule has 0 saturated heterocycles. The van der Waals surface area contributed by atoms with Gasteiger partial charge in [-0.15, -0.1) is 0 Å². The summed E-state index contributed by atoms with van der Waals surface area (Å²) >= 11 is 0. The number of ether oxygens (including phenoxy) is 4. The Balaban J connectivity index is 5.20. The molecule has 0 amide bonds. The number of esters is 4. The Kier molecular flexibility index (Phi) is 77.0.